The van der Waals surface area contributed by atoms with Crippen molar-refractivity contribution in [2.24, 2.45) is 0 Å². The predicted molar refractivity (Wildman–Crippen MR) is 81.6 cm³/mol. The number of anilines is 2. The second-order valence-electron chi connectivity index (χ2n) is 5.29. The Labute approximate surface area is 128 Å². The van der Waals surface area contributed by atoms with E-state index in [9.17, 15) is 4.79 Å². The molecule has 2 aromatic rings. The van der Waals surface area contributed by atoms with Crippen LogP contribution in [0, 0.1) is 0 Å². The van der Waals surface area contributed by atoms with Gasteiger partial charge in [0.2, 0.25) is 11.9 Å². The topological polar surface area (TPSA) is 83.9 Å². The number of hydrogen-bond acceptors (Lipinski definition) is 6. The summed E-state index contributed by atoms with van der Waals surface area (Å²) in [4.78, 5) is 30.6. The lowest BCUT2D eigenvalue weighted by Gasteiger charge is -2.32. The minimum atomic E-state index is 0.106. The Bertz CT molecular complexity index is 647. The highest BCUT2D eigenvalue weighted by molar-refractivity contribution is 5.73. The van der Waals surface area contributed by atoms with Crippen LogP contribution in [0.15, 0.2) is 30.9 Å². The third-order valence-corrected chi connectivity index (χ3v) is 3.78. The number of aromatic nitrogens is 4. The van der Waals surface area contributed by atoms with E-state index in [1.807, 2.05) is 4.90 Å². The minimum Gasteiger partial charge on any atom is -0.342 e. The van der Waals surface area contributed by atoms with Crippen LogP contribution in [0.2, 0.25) is 0 Å². The van der Waals surface area contributed by atoms with Crippen LogP contribution in [-0.2, 0) is 4.79 Å². The number of piperidine rings is 1. The summed E-state index contributed by atoms with van der Waals surface area (Å²) in [6.45, 7) is 3.10. The molecule has 1 aliphatic rings. The molecule has 22 heavy (non-hydrogen) atoms. The number of hydrogen-bond donors (Lipinski definition) is 1. The van der Waals surface area contributed by atoms with Crippen LogP contribution in [0.25, 0.3) is 0 Å². The van der Waals surface area contributed by atoms with Gasteiger partial charge in [-0.15, -0.1) is 0 Å². The summed E-state index contributed by atoms with van der Waals surface area (Å²) >= 11 is 0. The molecule has 0 bridgehead atoms. The predicted octanol–water partition coefficient (Wildman–Crippen LogP) is 1.74. The molecule has 114 valence electrons. The third kappa shape index (κ3) is 3.19. The van der Waals surface area contributed by atoms with Gasteiger partial charge < -0.3 is 10.2 Å². The summed E-state index contributed by atoms with van der Waals surface area (Å²) in [7, 11) is 0. The highest BCUT2D eigenvalue weighted by Gasteiger charge is 2.26. The van der Waals surface area contributed by atoms with Crippen LogP contribution in [0.5, 0.6) is 0 Å². The number of nitrogens with zero attached hydrogens (tertiary/aromatic N) is 5. The van der Waals surface area contributed by atoms with Crippen molar-refractivity contribution in [1.29, 1.82) is 0 Å². The highest BCUT2D eigenvalue weighted by Crippen LogP contribution is 2.29. The molecule has 1 amide bonds. The second kappa shape index (κ2) is 6.46. The average molecular weight is 298 g/mol. The van der Waals surface area contributed by atoms with Gasteiger partial charge in [0.15, 0.2) is 5.82 Å². The molecule has 0 aliphatic carbocycles. The van der Waals surface area contributed by atoms with Crippen LogP contribution in [0.4, 0.5) is 11.8 Å². The lowest BCUT2D eigenvalue weighted by atomic mass is 9.94. The Kier molecular flexibility index (Phi) is 4.22. The van der Waals surface area contributed by atoms with E-state index in [4.69, 9.17) is 0 Å². The monoisotopic (exact) mass is 298 g/mol. The molecule has 7 heteroatoms. The molecule has 2 aromatic heterocycles. The van der Waals surface area contributed by atoms with Crippen molar-refractivity contribution in [3.8, 4) is 0 Å². The smallest absolute Gasteiger partial charge is 0.228 e. The molecule has 1 saturated heterocycles. The average Bonchev–Trinajstić information content (AvgIpc) is 2.56. The molecule has 0 saturated carbocycles. The molecule has 1 fully saturated rings. The van der Waals surface area contributed by atoms with Gasteiger partial charge in [-0.3, -0.25) is 9.78 Å². The number of carbonyl (C=O) groups excluding carboxylic acids is 1. The number of nitrogens with one attached hydrogen (secondary N) is 1. The van der Waals surface area contributed by atoms with E-state index in [1.165, 1.54) is 0 Å². The third-order valence-electron chi connectivity index (χ3n) is 3.78. The Balaban J connectivity index is 1.83. The van der Waals surface area contributed by atoms with Crippen LogP contribution in [0.3, 0.4) is 0 Å². The maximum Gasteiger partial charge on any atom is 0.228 e. The van der Waals surface area contributed by atoms with Crippen molar-refractivity contribution in [1.82, 2.24) is 24.8 Å². The van der Waals surface area contributed by atoms with E-state index < -0.39 is 0 Å². The van der Waals surface area contributed by atoms with Gasteiger partial charge in [-0.25, -0.2) is 15.0 Å². The first-order chi connectivity index (χ1) is 10.7. The van der Waals surface area contributed by atoms with Crippen LogP contribution < -0.4 is 5.32 Å². The second-order valence-corrected chi connectivity index (χ2v) is 5.29. The summed E-state index contributed by atoms with van der Waals surface area (Å²) in [5.41, 5.74) is 0.862. The Morgan fingerprint density at radius 2 is 1.95 bits per heavy atom. The SMILES string of the molecule is CC(=O)N1CCC[C@@H](c2nccnc2Nc2ncccn2)C1. The number of amides is 1. The van der Waals surface area contributed by atoms with Crippen molar-refractivity contribution in [3.05, 3.63) is 36.5 Å². The van der Waals surface area contributed by atoms with E-state index in [-0.39, 0.29) is 11.8 Å². The fraction of sp³-hybridized carbons (Fsp3) is 0.400. The maximum atomic E-state index is 11.6. The molecule has 1 aliphatic heterocycles. The molecule has 0 spiro atoms. The molecule has 0 radical (unpaired) electrons. The van der Waals surface area contributed by atoms with Crippen LogP contribution in [-0.4, -0.2) is 43.8 Å². The first kappa shape index (κ1) is 14.4. The normalized spacial score (nSPS) is 18.0. The zero-order valence-corrected chi connectivity index (χ0v) is 12.4. The van der Waals surface area contributed by atoms with E-state index >= 15 is 0 Å². The van der Waals surface area contributed by atoms with Gasteiger partial charge in [0.25, 0.3) is 0 Å². The molecule has 1 atom stereocenters. The summed E-state index contributed by atoms with van der Waals surface area (Å²) in [6, 6.07) is 1.76. The van der Waals surface area contributed by atoms with Gasteiger partial charge in [-0.1, -0.05) is 0 Å². The lowest BCUT2D eigenvalue weighted by molar-refractivity contribution is -0.130. The molecule has 3 heterocycles. The molecule has 7 nitrogen and oxygen atoms in total. The Hall–Kier alpha value is -2.57. The van der Waals surface area contributed by atoms with Crippen LogP contribution in [0.1, 0.15) is 31.4 Å². The Morgan fingerprint density at radius 3 is 2.73 bits per heavy atom. The van der Waals surface area contributed by atoms with Gasteiger partial charge in [0.1, 0.15) is 0 Å². The summed E-state index contributed by atoms with van der Waals surface area (Å²) < 4.78 is 0. The van der Waals surface area contributed by atoms with Gasteiger partial charge in [-0.2, -0.15) is 0 Å². The molecule has 3 rings (SSSR count). The minimum absolute atomic E-state index is 0.106. The Morgan fingerprint density at radius 1 is 1.18 bits per heavy atom. The first-order valence-electron chi connectivity index (χ1n) is 7.34. The highest BCUT2D eigenvalue weighted by atomic mass is 16.2. The standard InChI is InChI=1S/C15H18N6O/c1-11(22)21-9-2-4-12(10-21)13-14(17-8-7-16-13)20-15-18-5-3-6-19-15/h3,5-8,12H,2,4,9-10H2,1H3,(H,17,18,19,20)/t12-/m1/s1. The quantitative estimate of drug-likeness (QED) is 0.929. The van der Waals surface area contributed by atoms with Gasteiger partial charge >= 0.3 is 0 Å². The largest absolute Gasteiger partial charge is 0.342 e. The lowest BCUT2D eigenvalue weighted by Crippen LogP contribution is -2.38. The van der Waals surface area contributed by atoms with Crippen molar-refractivity contribution in [3.63, 3.8) is 0 Å². The summed E-state index contributed by atoms with van der Waals surface area (Å²) in [6.07, 6.45) is 8.63. The van der Waals surface area contributed by atoms with Gasteiger partial charge in [0, 0.05) is 50.7 Å². The number of carbonyl (C=O) groups is 1. The fourth-order valence-corrected chi connectivity index (χ4v) is 2.70. The van der Waals surface area contributed by atoms with Crippen molar-refractivity contribution < 1.29 is 4.79 Å². The molecule has 0 unspecified atom stereocenters. The van der Waals surface area contributed by atoms with E-state index in [0.717, 1.165) is 25.1 Å². The molecular weight excluding hydrogens is 280 g/mol. The fourth-order valence-electron chi connectivity index (χ4n) is 2.70. The van der Waals surface area contributed by atoms with Crippen LogP contribution >= 0.6 is 0 Å². The van der Waals surface area contributed by atoms with Gasteiger partial charge in [0.05, 0.1) is 5.69 Å². The van der Waals surface area contributed by atoms with E-state index in [2.05, 4.69) is 25.3 Å². The van der Waals surface area contributed by atoms with Crippen molar-refractivity contribution >= 4 is 17.7 Å². The molecule has 1 N–H and O–H groups in total. The van der Waals surface area contributed by atoms with E-state index in [0.29, 0.717) is 18.3 Å². The zero-order valence-electron chi connectivity index (χ0n) is 12.4. The zero-order chi connectivity index (χ0) is 15.4. The number of rotatable bonds is 3. The summed E-state index contributed by atoms with van der Waals surface area (Å²) in [5, 5.41) is 3.11. The van der Waals surface area contributed by atoms with Crippen molar-refractivity contribution in [2.45, 2.75) is 25.7 Å². The first-order valence-corrected chi connectivity index (χ1v) is 7.34. The molecule has 0 aromatic carbocycles. The molecular formula is C15H18N6O. The maximum absolute atomic E-state index is 11.6. The summed E-state index contributed by atoms with van der Waals surface area (Å²) in [5.74, 6) is 1.43. The van der Waals surface area contributed by atoms with Gasteiger partial charge in [-0.05, 0) is 18.9 Å². The number of likely N-dealkylation sites (tertiary alicyclic amines) is 1. The van der Waals surface area contributed by atoms with E-state index in [1.54, 1.807) is 37.8 Å². The van der Waals surface area contributed by atoms with Crippen molar-refractivity contribution in [2.75, 3.05) is 18.4 Å².